The second-order valence-corrected chi connectivity index (χ2v) is 9.32. The quantitative estimate of drug-likeness (QED) is 0.367. The Bertz CT molecular complexity index is 1350. The van der Waals surface area contributed by atoms with Gasteiger partial charge >= 0.3 is 6.09 Å². The topological polar surface area (TPSA) is 100 Å². The van der Waals surface area contributed by atoms with Crippen LogP contribution in [-0.4, -0.2) is 34.3 Å². The van der Waals surface area contributed by atoms with Crippen LogP contribution in [0.4, 0.5) is 4.79 Å². The highest BCUT2D eigenvalue weighted by atomic mass is 16.6. The molecule has 1 amide bonds. The van der Waals surface area contributed by atoms with E-state index in [0.717, 1.165) is 27.6 Å². The first kappa shape index (κ1) is 23.8. The molecule has 0 radical (unpaired) electrons. The highest BCUT2D eigenvalue weighted by Crippen LogP contribution is 2.24. The first-order valence-electron chi connectivity index (χ1n) is 11.4. The minimum atomic E-state index is -0.602. The van der Waals surface area contributed by atoms with Crippen LogP contribution in [0.5, 0.6) is 5.75 Å². The molecule has 7 heteroatoms. The van der Waals surface area contributed by atoms with E-state index in [-0.39, 0.29) is 12.6 Å². The van der Waals surface area contributed by atoms with E-state index in [1.165, 1.54) is 0 Å². The van der Waals surface area contributed by atoms with Crippen molar-refractivity contribution in [2.45, 2.75) is 38.8 Å². The van der Waals surface area contributed by atoms with Crippen LogP contribution in [0.15, 0.2) is 73.2 Å². The van der Waals surface area contributed by atoms with E-state index in [4.69, 9.17) is 14.7 Å². The molecule has 1 atom stereocenters. The summed E-state index contributed by atoms with van der Waals surface area (Å²) >= 11 is 0. The SMILES string of the molecule is CC(C)(C)OC(=O)N[C@H](COc1cncc(-c2ccc(C#N)cc2)c1)Cc1c[nH]c2ccccc12. The number of pyridine rings is 1. The fourth-order valence-corrected chi connectivity index (χ4v) is 3.78. The molecule has 0 bridgehead atoms. The van der Waals surface area contributed by atoms with Crippen LogP contribution in [0.3, 0.4) is 0 Å². The van der Waals surface area contributed by atoms with Gasteiger partial charge in [0.2, 0.25) is 0 Å². The summed E-state index contributed by atoms with van der Waals surface area (Å²) in [6, 6.07) is 19.0. The molecule has 2 N–H and O–H groups in total. The van der Waals surface area contributed by atoms with E-state index in [1.54, 1.807) is 24.5 Å². The lowest BCUT2D eigenvalue weighted by Gasteiger charge is -2.24. The Morgan fingerprint density at radius 2 is 1.89 bits per heavy atom. The number of benzene rings is 2. The van der Waals surface area contributed by atoms with Crippen molar-refractivity contribution < 1.29 is 14.3 Å². The number of H-pyrrole nitrogens is 1. The summed E-state index contributed by atoms with van der Waals surface area (Å²) in [6.45, 7) is 5.73. The molecule has 0 saturated heterocycles. The zero-order valence-electron chi connectivity index (χ0n) is 20.0. The van der Waals surface area contributed by atoms with Crippen LogP contribution < -0.4 is 10.1 Å². The Labute approximate surface area is 204 Å². The average molecular weight is 469 g/mol. The number of carbonyl (C=O) groups excluding carboxylic acids is 1. The van der Waals surface area contributed by atoms with E-state index in [2.05, 4.69) is 27.4 Å². The van der Waals surface area contributed by atoms with Gasteiger partial charge in [0.05, 0.1) is 23.9 Å². The van der Waals surface area contributed by atoms with Gasteiger partial charge in [0.15, 0.2) is 0 Å². The molecule has 0 aliphatic rings. The number of nitrogens with zero attached hydrogens (tertiary/aromatic N) is 2. The van der Waals surface area contributed by atoms with Crippen molar-refractivity contribution in [2.75, 3.05) is 6.61 Å². The highest BCUT2D eigenvalue weighted by molar-refractivity contribution is 5.83. The van der Waals surface area contributed by atoms with Crippen LogP contribution in [0, 0.1) is 11.3 Å². The second kappa shape index (κ2) is 10.3. The fourth-order valence-electron chi connectivity index (χ4n) is 3.78. The monoisotopic (exact) mass is 468 g/mol. The van der Waals surface area contributed by atoms with Crippen molar-refractivity contribution >= 4 is 17.0 Å². The smallest absolute Gasteiger partial charge is 0.408 e. The molecule has 0 fully saturated rings. The normalized spacial score (nSPS) is 12.1. The largest absolute Gasteiger partial charge is 0.490 e. The van der Waals surface area contributed by atoms with Crippen molar-refractivity contribution in [1.82, 2.24) is 15.3 Å². The van der Waals surface area contributed by atoms with Gasteiger partial charge in [-0.1, -0.05) is 30.3 Å². The van der Waals surface area contributed by atoms with Gasteiger partial charge in [-0.3, -0.25) is 4.98 Å². The van der Waals surface area contributed by atoms with Gasteiger partial charge in [-0.2, -0.15) is 5.26 Å². The summed E-state index contributed by atoms with van der Waals surface area (Å²) in [5.74, 6) is 0.585. The number of aromatic amines is 1. The van der Waals surface area contributed by atoms with Crippen molar-refractivity contribution in [2.24, 2.45) is 0 Å². The molecule has 2 aromatic heterocycles. The third-order valence-corrected chi connectivity index (χ3v) is 5.37. The molecule has 4 rings (SSSR count). The maximum Gasteiger partial charge on any atom is 0.408 e. The third-order valence-electron chi connectivity index (χ3n) is 5.37. The lowest BCUT2D eigenvalue weighted by atomic mass is 10.1. The Balaban J connectivity index is 1.50. The number of amides is 1. The van der Waals surface area contributed by atoms with E-state index < -0.39 is 11.7 Å². The van der Waals surface area contributed by atoms with Gasteiger partial charge in [0.1, 0.15) is 18.0 Å². The van der Waals surface area contributed by atoms with E-state index in [0.29, 0.717) is 17.7 Å². The summed E-state index contributed by atoms with van der Waals surface area (Å²) in [6.07, 6.45) is 5.42. The maximum atomic E-state index is 12.5. The molecule has 35 heavy (non-hydrogen) atoms. The fraction of sp³-hybridized carbons (Fsp3) is 0.250. The molecule has 178 valence electrons. The first-order valence-corrected chi connectivity index (χ1v) is 11.4. The van der Waals surface area contributed by atoms with Crippen molar-refractivity contribution in [1.29, 1.82) is 5.26 Å². The Kier molecular flexibility index (Phi) is 7.02. The number of fused-ring (bicyclic) bond motifs is 1. The van der Waals surface area contributed by atoms with Gasteiger partial charge in [0, 0.05) is 28.9 Å². The summed E-state index contributed by atoms with van der Waals surface area (Å²) < 4.78 is 11.5. The molecular weight excluding hydrogens is 440 g/mol. The lowest BCUT2D eigenvalue weighted by Crippen LogP contribution is -2.43. The van der Waals surface area contributed by atoms with E-state index >= 15 is 0 Å². The number of alkyl carbamates (subject to hydrolysis) is 1. The molecule has 0 saturated carbocycles. The molecule has 0 unspecified atom stereocenters. The molecule has 0 aliphatic heterocycles. The Morgan fingerprint density at radius 1 is 1.11 bits per heavy atom. The summed E-state index contributed by atoms with van der Waals surface area (Å²) in [7, 11) is 0. The van der Waals surface area contributed by atoms with Gasteiger partial charge < -0.3 is 19.8 Å². The predicted octanol–water partition coefficient (Wildman–Crippen LogP) is 5.62. The summed E-state index contributed by atoms with van der Waals surface area (Å²) in [5.41, 5.74) is 3.93. The van der Waals surface area contributed by atoms with Crippen LogP contribution in [0.2, 0.25) is 0 Å². The Morgan fingerprint density at radius 3 is 2.63 bits per heavy atom. The number of hydrogen-bond acceptors (Lipinski definition) is 5. The highest BCUT2D eigenvalue weighted by Gasteiger charge is 2.21. The van der Waals surface area contributed by atoms with Gasteiger partial charge in [-0.15, -0.1) is 0 Å². The van der Waals surface area contributed by atoms with Crippen molar-refractivity contribution in [3.8, 4) is 22.9 Å². The molecule has 7 nitrogen and oxygen atoms in total. The summed E-state index contributed by atoms with van der Waals surface area (Å²) in [5, 5.41) is 13.1. The maximum absolute atomic E-state index is 12.5. The molecule has 2 aromatic carbocycles. The average Bonchev–Trinajstić information content (AvgIpc) is 3.24. The van der Waals surface area contributed by atoms with E-state index in [1.807, 2.05) is 63.4 Å². The van der Waals surface area contributed by atoms with Crippen LogP contribution >= 0.6 is 0 Å². The van der Waals surface area contributed by atoms with Gasteiger partial charge in [-0.25, -0.2) is 4.79 Å². The first-order chi connectivity index (χ1) is 16.8. The van der Waals surface area contributed by atoms with Crippen LogP contribution in [-0.2, 0) is 11.2 Å². The van der Waals surface area contributed by atoms with Crippen molar-refractivity contribution in [3.63, 3.8) is 0 Å². The summed E-state index contributed by atoms with van der Waals surface area (Å²) in [4.78, 5) is 20.1. The number of hydrogen-bond donors (Lipinski definition) is 2. The predicted molar refractivity (Wildman–Crippen MR) is 135 cm³/mol. The zero-order valence-corrected chi connectivity index (χ0v) is 20.0. The third kappa shape index (κ3) is 6.39. The molecule has 2 heterocycles. The molecular formula is C28H28N4O3. The van der Waals surface area contributed by atoms with Gasteiger partial charge in [-0.05, 0) is 62.6 Å². The number of para-hydroxylation sites is 1. The lowest BCUT2D eigenvalue weighted by molar-refractivity contribution is 0.0488. The van der Waals surface area contributed by atoms with Gasteiger partial charge in [0.25, 0.3) is 0 Å². The Hall–Kier alpha value is -4.31. The number of ether oxygens (including phenoxy) is 2. The number of nitrogens with one attached hydrogen (secondary N) is 2. The molecule has 4 aromatic rings. The number of aromatic nitrogens is 2. The number of carbonyl (C=O) groups is 1. The number of rotatable bonds is 7. The molecule has 0 aliphatic carbocycles. The van der Waals surface area contributed by atoms with Crippen LogP contribution in [0.1, 0.15) is 31.9 Å². The minimum absolute atomic E-state index is 0.233. The molecule has 0 spiro atoms. The standard InChI is InChI=1S/C28H28N4O3/c1-28(2,3)35-27(33)32-23(12-22-16-31-26-7-5-4-6-25(22)26)18-34-24-13-21(15-30-17-24)20-10-8-19(14-29)9-11-20/h4-11,13,15-17,23,31H,12,18H2,1-3H3,(H,32,33)/t23-/m0/s1. The number of nitriles is 1. The van der Waals surface area contributed by atoms with Crippen molar-refractivity contribution in [3.05, 3.63) is 84.3 Å². The minimum Gasteiger partial charge on any atom is -0.490 e. The van der Waals surface area contributed by atoms with E-state index in [9.17, 15) is 4.79 Å². The second-order valence-electron chi connectivity index (χ2n) is 9.32. The van der Waals surface area contributed by atoms with Crippen LogP contribution in [0.25, 0.3) is 22.0 Å². The zero-order chi connectivity index (χ0) is 24.8.